The predicted molar refractivity (Wildman–Crippen MR) is 71.9 cm³/mol. The van der Waals surface area contributed by atoms with Gasteiger partial charge < -0.3 is 10.1 Å². The number of benzene rings is 1. The molecule has 0 heterocycles. The molecule has 2 heteroatoms. The van der Waals surface area contributed by atoms with Crippen LogP contribution < -0.4 is 10.1 Å². The SMILES string of the molecule is CNCC1(c2ccc(OC)c(C)c2C)CCC1. The second kappa shape index (κ2) is 4.69. The van der Waals surface area contributed by atoms with Crippen molar-refractivity contribution in [2.75, 3.05) is 20.7 Å². The molecular weight excluding hydrogens is 210 g/mol. The molecule has 94 valence electrons. The van der Waals surface area contributed by atoms with Gasteiger partial charge in [0.25, 0.3) is 0 Å². The highest BCUT2D eigenvalue weighted by molar-refractivity contribution is 5.47. The van der Waals surface area contributed by atoms with Crippen LogP contribution in [0, 0.1) is 13.8 Å². The van der Waals surface area contributed by atoms with Gasteiger partial charge in [-0.2, -0.15) is 0 Å². The number of rotatable bonds is 4. The van der Waals surface area contributed by atoms with E-state index in [1.807, 2.05) is 7.05 Å². The third-order valence-electron chi connectivity index (χ3n) is 4.35. The number of nitrogens with one attached hydrogen (secondary N) is 1. The number of hydrogen-bond donors (Lipinski definition) is 1. The number of methoxy groups -OCH3 is 1. The third-order valence-corrected chi connectivity index (χ3v) is 4.35. The molecule has 1 fully saturated rings. The maximum atomic E-state index is 5.39. The van der Waals surface area contributed by atoms with Crippen molar-refractivity contribution in [2.24, 2.45) is 0 Å². The minimum atomic E-state index is 0.371. The molecule has 1 saturated carbocycles. The van der Waals surface area contributed by atoms with Crippen LogP contribution in [0.4, 0.5) is 0 Å². The van der Waals surface area contributed by atoms with Crippen molar-refractivity contribution in [3.63, 3.8) is 0 Å². The van der Waals surface area contributed by atoms with Gasteiger partial charge in [-0.3, -0.25) is 0 Å². The zero-order valence-corrected chi connectivity index (χ0v) is 11.4. The van der Waals surface area contributed by atoms with E-state index >= 15 is 0 Å². The summed E-state index contributed by atoms with van der Waals surface area (Å²) in [6.07, 6.45) is 3.97. The van der Waals surface area contributed by atoms with Crippen molar-refractivity contribution in [1.29, 1.82) is 0 Å². The molecule has 0 aromatic heterocycles. The van der Waals surface area contributed by atoms with Crippen molar-refractivity contribution in [1.82, 2.24) is 5.32 Å². The van der Waals surface area contributed by atoms with Gasteiger partial charge in [0.05, 0.1) is 7.11 Å². The molecule has 1 aliphatic rings. The van der Waals surface area contributed by atoms with Gasteiger partial charge in [-0.15, -0.1) is 0 Å². The second-order valence-corrected chi connectivity index (χ2v) is 5.23. The number of hydrogen-bond acceptors (Lipinski definition) is 2. The molecule has 17 heavy (non-hydrogen) atoms. The average molecular weight is 233 g/mol. The minimum absolute atomic E-state index is 0.371. The van der Waals surface area contributed by atoms with E-state index in [0.717, 1.165) is 12.3 Å². The number of ether oxygens (including phenoxy) is 1. The fourth-order valence-corrected chi connectivity index (χ4v) is 3.07. The lowest BCUT2D eigenvalue weighted by Gasteiger charge is -2.43. The van der Waals surface area contributed by atoms with Gasteiger partial charge in [-0.1, -0.05) is 12.5 Å². The molecule has 0 unspecified atom stereocenters. The summed E-state index contributed by atoms with van der Waals surface area (Å²) in [5.41, 5.74) is 4.57. The van der Waals surface area contributed by atoms with Crippen LogP contribution in [0.5, 0.6) is 5.75 Å². The molecule has 1 aromatic rings. The van der Waals surface area contributed by atoms with Crippen molar-refractivity contribution in [3.05, 3.63) is 28.8 Å². The van der Waals surface area contributed by atoms with E-state index in [1.165, 1.54) is 36.0 Å². The quantitative estimate of drug-likeness (QED) is 0.863. The molecule has 0 aliphatic heterocycles. The van der Waals surface area contributed by atoms with Gasteiger partial charge in [-0.25, -0.2) is 0 Å². The van der Waals surface area contributed by atoms with E-state index in [2.05, 4.69) is 31.3 Å². The van der Waals surface area contributed by atoms with E-state index in [0.29, 0.717) is 5.41 Å². The minimum Gasteiger partial charge on any atom is -0.496 e. The summed E-state index contributed by atoms with van der Waals surface area (Å²) in [4.78, 5) is 0. The summed E-state index contributed by atoms with van der Waals surface area (Å²) < 4.78 is 5.39. The van der Waals surface area contributed by atoms with Crippen LogP contribution >= 0.6 is 0 Å². The first kappa shape index (κ1) is 12.4. The van der Waals surface area contributed by atoms with E-state index in [4.69, 9.17) is 4.74 Å². The van der Waals surface area contributed by atoms with Crippen LogP contribution in [0.25, 0.3) is 0 Å². The second-order valence-electron chi connectivity index (χ2n) is 5.23. The molecule has 0 saturated heterocycles. The maximum Gasteiger partial charge on any atom is 0.122 e. The van der Waals surface area contributed by atoms with Crippen LogP contribution in [0.15, 0.2) is 12.1 Å². The van der Waals surface area contributed by atoms with E-state index in [9.17, 15) is 0 Å². The highest BCUT2D eigenvalue weighted by atomic mass is 16.5. The molecule has 0 atom stereocenters. The fourth-order valence-electron chi connectivity index (χ4n) is 3.07. The summed E-state index contributed by atoms with van der Waals surface area (Å²) >= 11 is 0. The summed E-state index contributed by atoms with van der Waals surface area (Å²) in [5.74, 6) is 1.00. The Balaban J connectivity index is 2.42. The lowest BCUT2D eigenvalue weighted by Crippen LogP contribution is -2.43. The van der Waals surface area contributed by atoms with Crippen LogP contribution in [0.1, 0.15) is 36.0 Å². The Hall–Kier alpha value is -1.02. The normalized spacial score (nSPS) is 17.6. The van der Waals surface area contributed by atoms with Crippen molar-refractivity contribution < 1.29 is 4.74 Å². The largest absolute Gasteiger partial charge is 0.496 e. The first-order valence-electron chi connectivity index (χ1n) is 6.44. The van der Waals surface area contributed by atoms with Crippen LogP contribution in [-0.2, 0) is 5.41 Å². The molecule has 0 spiro atoms. The van der Waals surface area contributed by atoms with Crippen molar-refractivity contribution >= 4 is 0 Å². The average Bonchev–Trinajstić information content (AvgIpc) is 2.28. The molecule has 0 bridgehead atoms. The summed E-state index contributed by atoms with van der Waals surface area (Å²) in [6, 6.07) is 4.38. The standard InChI is InChI=1S/C15H23NO/c1-11-12(2)14(17-4)7-6-13(11)15(10-16-3)8-5-9-15/h6-7,16H,5,8-10H2,1-4H3. The van der Waals surface area contributed by atoms with Gasteiger partial charge in [0.15, 0.2) is 0 Å². The zero-order chi connectivity index (χ0) is 12.5. The molecule has 0 amide bonds. The Morgan fingerprint density at radius 2 is 1.94 bits per heavy atom. The predicted octanol–water partition coefficient (Wildman–Crippen LogP) is 2.95. The van der Waals surface area contributed by atoms with Gasteiger partial charge in [0.2, 0.25) is 0 Å². The smallest absolute Gasteiger partial charge is 0.122 e. The van der Waals surface area contributed by atoms with Crippen molar-refractivity contribution in [2.45, 2.75) is 38.5 Å². The summed E-state index contributed by atoms with van der Waals surface area (Å²) in [6.45, 7) is 5.46. The first-order valence-corrected chi connectivity index (χ1v) is 6.44. The van der Waals surface area contributed by atoms with E-state index in [-0.39, 0.29) is 0 Å². The van der Waals surface area contributed by atoms with Gasteiger partial charge in [-0.05, 0) is 56.5 Å². The van der Waals surface area contributed by atoms with Gasteiger partial charge in [0, 0.05) is 12.0 Å². The Labute approximate surface area is 104 Å². The molecule has 1 aromatic carbocycles. The molecule has 0 radical (unpaired) electrons. The lowest BCUT2D eigenvalue weighted by molar-refractivity contribution is 0.237. The summed E-state index contributed by atoms with van der Waals surface area (Å²) in [5, 5.41) is 3.35. The fraction of sp³-hybridized carbons (Fsp3) is 0.600. The molecule has 2 nitrogen and oxygen atoms in total. The van der Waals surface area contributed by atoms with Crippen LogP contribution in [0.3, 0.4) is 0 Å². The van der Waals surface area contributed by atoms with E-state index in [1.54, 1.807) is 7.11 Å². The Morgan fingerprint density at radius 1 is 1.24 bits per heavy atom. The Morgan fingerprint density at radius 3 is 2.41 bits per heavy atom. The Kier molecular flexibility index (Phi) is 3.43. The van der Waals surface area contributed by atoms with Crippen LogP contribution in [-0.4, -0.2) is 20.7 Å². The van der Waals surface area contributed by atoms with Gasteiger partial charge >= 0.3 is 0 Å². The highest BCUT2D eigenvalue weighted by Crippen LogP contribution is 2.45. The molecular formula is C15H23NO. The van der Waals surface area contributed by atoms with E-state index < -0.39 is 0 Å². The van der Waals surface area contributed by atoms with Gasteiger partial charge in [0.1, 0.15) is 5.75 Å². The van der Waals surface area contributed by atoms with Crippen molar-refractivity contribution in [3.8, 4) is 5.75 Å². The number of likely N-dealkylation sites (N-methyl/N-ethyl adjacent to an activating group) is 1. The molecule has 1 aliphatic carbocycles. The maximum absolute atomic E-state index is 5.39. The lowest BCUT2D eigenvalue weighted by atomic mass is 9.63. The first-order chi connectivity index (χ1) is 8.14. The Bertz CT molecular complexity index is 408. The monoisotopic (exact) mass is 233 g/mol. The zero-order valence-electron chi connectivity index (χ0n) is 11.4. The van der Waals surface area contributed by atoms with Crippen LogP contribution in [0.2, 0.25) is 0 Å². The molecule has 1 N–H and O–H groups in total. The topological polar surface area (TPSA) is 21.3 Å². The molecule has 2 rings (SSSR count). The third kappa shape index (κ3) is 1.95. The highest BCUT2D eigenvalue weighted by Gasteiger charge is 2.39. The summed E-state index contributed by atoms with van der Waals surface area (Å²) in [7, 11) is 3.79.